The number of benzene rings is 1. The van der Waals surface area contributed by atoms with E-state index in [1.165, 1.54) is 0 Å². The van der Waals surface area contributed by atoms with Crippen LogP contribution in [0.3, 0.4) is 0 Å². The van der Waals surface area contributed by atoms with Crippen molar-refractivity contribution in [2.24, 2.45) is 0 Å². The zero-order valence-electron chi connectivity index (χ0n) is 15.0. The summed E-state index contributed by atoms with van der Waals surface area (Å²) in [6.45, 7) is 5.30. The van der Waals surface area contributed by atoms with Gasteiger partial charge in [0.2, 0.25) is 0 Å². The number of ether oxygens (including phenoxy) is 2. The van der Waals surface area contributed by atoms with E-state index in [0.29, 0.717) is 13.1 Å². The van der Waals surface area contributed by atoms with E-state index in [9.17, 15) is 4.79 Å². The predicted molar refractivity (Wildman–Crippen MR) is 101 cm³/mol. The zero-order chi connectivity index (χ0) is 18.2. The third-order valence-electron chi connectivity index (χ3n) is 4.47. The maximum atomic E-state index is 13.2. The molecule has 0 N–H and O–H groups in total. The minimum atomic E-state index is -0.596. The Hall–Kier alpha value is -1.80. The first-order valence-corrected chi connectivity index (χ1v) is 9.71. The lowest BCUT2D eigenvalue weighted by atomic mass is 10.1. The lowest BCUT2D eigenvalue weighted by molar-refractivity contribution is -0.143. The molecule has 2 heterocycles. The van der Waals surface area contributed by atoms with Gasteiger partial charge in [-0.15, -0.1) is 11.3 Å². The van der Waals surface area contributed by atoms with Crippen LogP contribution in [0.2, 0.25) is 0 Å². The van der Waals surface area contributed by atoms with Gasteiger partial charge in [0.05, 0.1) is 19.8 Å². The summed E-state index contributed by atoms with van der Waals surface area (Å²) in [6.07, 6.45) is 1.18. The fourth-order valence-electron chi connectivity index (χ4n) is 3.02. The molecular weight excluding hydrogens is 350 g/mol. The molecule has 1 aliphatic heterocycles. The number of methoxy groups -OCH3 is 1. The van der Waals surface area contributed by atoms with Gasteiger partial charge >= 0.3 is 0 Å². The van der Waals surface area contributed by atoms with Crippen LogP contribution in [0.4, 0.5) is 0 Å². The van der Waals surface area contributed by atoms with Crippen molar-refractivity contribution in [1.82, 2.24) is 14.8 Å². The average Bonchev–Trinajstić information content (AvgIpc) is 3.20. The zero-order valence-corrected chi connectivity index (χ0v) is 15.9. The van der Waals surface area contributed by atoms with Crippen LogP contribution >= 0.6 is 11.3 Å². The fourth-order valence-corrected chi connectivity index (χ4v) is 3.65. The van der Waals surface area contributed by atoms with E-state index in [-0.39, 0.29) is 5.91 Å². The second-order valence-corrected chi connectivity index (χ2v) is 7.15. The van der Waals surface area contributed by atoms with Gasteiger partial charge < -0.3 is 14.4 Å². The predicted octanol–water partition coefficient (Wildman–Crippen LogP) is 2.19. The third kappa shape index (κ3) is 5.11. The highest BCUT2D eigenvalue weighted by molar-refractivity contribution is 7.09. The molecule has 0 unspecified atom stereocenters. The Balaban J connectivity index is 1.71. The maximum absolute atomic E-state index is 13.2. The summed E-state index contributed by atoms with van der Waals surface area (Å²) in [5.41, 5.74) is 0.871. The van der Waals surface area contributed by atoms with Crippen molar-refractivity contribution in [3.8, 4) is 0 Å². The number of thiazole rings is 1. The fraction of sp³-hybridized carbons (Fsp3) is 0.474. The molecule has 7 heteroatoms. The molecule has 0 radical (unpaired) electrons. The Morgan fingerprint density at radius 2 is 2.12 bits per heavy atom. The molecule has 1 aromatic heterocycles. The molecule has 1 aliphatic rings. The summed E-state index contributed by atoms with van der Waals surface area (Å²) in [6, 6.07) is 9.64. The number of hydrogen-bond acceptors (Lipinski definition) is 6. The maximum Gasteiger partial charge on any atom is 0.256 e. The van der Waals surface area contributed by atoms with Gasteiger partial charge in [-0.2, -0.15) is 0 Å². The second kappa shape index (κ2) is 9.78. The molecule has 0 saturated carbocycles. The van der Waals surface area contributed by atoms with Crippen LogP contribution < -0.4 is 0 Å². The van der Waals surface area contributed by atoms with Gasteiger partial charge in [0.15, 0.2) is 6.10 Å². The molecule has 1 atom stereocenters. The van der Waals surface area contributed by atoms with Crippen molar-refractivity contribution >= 4 is 17.2 Å². The number of aromatic nitrogens is 1. The van der Waals surface area contributed by atoms with Gasteiger partial charge in [0, 0.05) is 44.9 Å². The average molecular weight is 375 g/mol. The molecule has 3 rings (SSSR count). The standard InChI is InChI=1S/C19H25N3O3S/c1-24-18(16-5-3-2-4-6-16)19(23)22(15-17-20-7-14-26-17)9-8-21-10-12-25-13-11-21/h2-7,14,18H,8-13,15H2,1H3/t18-/m0/s1. The molecule has 2 aromatic rings. The summed E-state index contributed by atoms with van der Waals surface area (Å²) in [5.74, 6) is -0.0258. The Kier molecular flexibility index (Phi) is 7.13. The van der Waals surface area contributed by atoms with Crippen LogP contribution in [0.1, 0.15) is 16.7 Å². The van der Waals surface area contributed by atoms with Crippen LogP contribution in [0, 0.1) is 0 Å². The first-order chi connectivity index (χ1) is 12.8. The molecule has 0 aliphatic carbocycles. The monoisotopic (exact) mass is 375 g/mol. The molecule has 1 fully saturated rings. The van der Waals surface area contributed by atoms with Crippen molar-refractivity contribution in [2.75, 3.05) is 46.5 Å². The lowest BCUT2D eigenvalue weighted by Crippen LogP contribution is -2.44. The molecule has 140 valence electrons. The number of amides is 1. The van der Waals surface area contributed by atoms with Gasteiger partial charge in [-0.3, -0.25) is 9.69 Å². The largest absolute Gasteiger partial charge is 0.379 e. The Morgan fingerprint density at radius 1 is 1.35 bits per heavy atom. The van der Waals surface area contributed by atoms with E-state index in [4.69, 9.17) is 9.47 Å². The minimum absolute atomic E-state index is 0.0258. The molecule has 1 saturated heterocycles. The Bertz CT molecular complexity index is 660. The van der Waals surface area contributed by atoms with Gasteiger partial charge in [-0.05, 0) is 5.56 Å². The second-order valence-electron chi connectivity index (χ2n) is 6.17. The molecule has 6 nitrogen and oxygen atoms in total. The van der Waals surface area contributed by atoms with Crippen LogP contribution in [-0.4, -0.2) is 67.2 Å². The highest BCUT2D eigenvalue weighted by Crippen LogP contribution is 2.21. The number of morpholine rings is 1. The Labute approximate surface area is 158 Å². The van der Waals surface area contributed by atoms with Crippen LogP contribution in [0.15, 0.2) is 41.9 Å². The lowest BCUT2D eigenvalue weighted by Gasteiger charge is -2.31. The van der Waals surface area contributed by atoms with E-state index in [1.54, 1.807) is 24.6 Å². The highest BCUT2D eigenvalue weighted by Gasteiger charge is 2.27. The highest BCUT2D eigenvalue weighted by atomic mass is 32.1. The Morgan fingerprint density at radius 3 is 2.77 bits per heavy atom. The number of carbonyl (C=O) groups excluding carboxylic acids is 1. The molecular formula is C19H25N3O3S. The SMILES string of the molecule is CO[C@H](C(=O)N(CCN1CCOCC1)Cc1nccs1)c1ccccc1. The summed E-state index contributed by atoms with van der Waals surface area (Å²) < 4.78 is 11.0. The van der Waals surface area contributed by atoms with Crippen molar-refractivity contribution in [2.45, 2.75) is 12.6 Å². The quantitative estimate of drug-likeness (QED) is 0.708. The summed E-state index contributed by atoms with van der Waals surface area (Å²) in [5, 5.41) is 2.87. The number of hydrogen-bond donors (Lipinski definition) is 0. The topological polar surface area (TPSA) is 54.9 Å². The number of nitrogens with zero attached hydrogens (tertiary/aromatic N) is 3. The van der Waals surface area contributed by atoms with E-state index in [2.05, 4.69) is 9.88 Å². The molecule has 1 amide bonds. The summed E-state index contributed by atoms with van der Waals surface area (Å²) in [7, 11) is 1.58. The molecule has 0 bridgehead atoms. The normalized spacial score (nSPS) is 16.3. The van der Waals surface area contributed by atoms with Gasteiger partial charge in [-0.1, -0.05) is 30.3 Å². The van der Waals surface area contributed by atoms with Gasteiger partial charge in [0.1, 0.15) is 5.01 Å². The number of rotatable bonds is 8. The van der Waals surface area contributed by atoms with Crippen molar-refractivity contribution in [3.05, 3.63) is 52.5 Å². The van der Waals surface area contributed by atoms with E-state index >= 15 is 0 Å². The van der Waals surface area contributed by atoms with Crippen molar-refractivity contribution < 1.29 is 14.3 Å². The third-order valence-corrected chi connectivity index (χ3v) is 5.24. The summed E-state index contributed by atoms with van der Waals surface area (Å²) >= 11 is 1.57. The van der Waals surface area contributed by atoms with Crippen molar-refractivity contribution in [1.29, 1.82) is 0 Å². The van der Waals surface area contributed by atoms with E-state index in [0.717, 1.165) is 43.4 Å². The van der Waals surface area contributed by atoms with E-state index in [1.807, 2.05) is 40.6 Å². The minimum Gasteiger partial charge on any atom is -0.379 e. The van der Waals surface area contributed by atoms with E-state index < -0.39 is 6.10 Å². The van der Waals surface area contributed by atoms with Crippen LogP contribution in [0.5, 0.6) is 0 Å². The first kappa shape index (κ1) is 19.0. The first-order valence-electron chi connectivity index (χ1n) is 8.83. The smallest absolute Gasteiger partial charge is 0.256 e. The van der Waals surface area contributed by atoms with Crippen LogP contribution in [-0.2, 0) is 20.8 Å². The molecule has 26 heavy (non-hydrogen) atoms. The van der Waals surface area contributed by atoms with Crippen LogP contribution in [0.25, 0.3) is 0 Å². The van der Waals surface area contributed by atoms with Crippen molar-refractivity contribution in [3.63, 3.8) is 0 Å². The molecule has 1 aromatic carbocycles. The number of carbonyl (C=O) groups is 1. The van der Waals surface area contributed by atoms with Gasteiger partial charge in [0.25, 0.3) is 5.91 Å². The summed E-state index contributed by atoms with van der Waals surface area (Å²) in [4.78, 5) is 21.7. The molecule has 0 spiro atoms. The van der Waals surface area contributed by atoms with Gasteiger partial charge in [-0.25, -0.2) is 4.98 Å².